The first-order chi connectivity index (χ1) is 9.72. The average molecular weight is 288 g/mol. The molecule has 20 heavy (non-hydrogen) atoms. The first-order valence-electron chi connectivity index (χ1n) is 6.92. The van der Waals surface area contributed by atoms with E-state index in [2.05, 4.69) is 29.6 Å². The first kappa shape index (κ1) is 13.5. The maximum Gasteiger partial charge on any atom is 0.123 e. The van der Waals surface area contributed by atoms with Crippen LogP contribution in [0.15, 0.2) is 42.5 Å². The van der Waals surface area contributed by atoms with Crippen LogP contribution in [0, 0.1) is 6.92 Å². The average Bonchev–Trinajstić information content (AvgIpc) is 2.85. The Morgan fingerprint density at radius 2 is 2.10 bits per heavy atom. The second-order valence-electron chi connectivity index (χ2n) is 5.27. The predicted molar refractivity (Wildman–Crippen MR) is 82.5 cm³/mol. The highest BCUT2D eigenvalue weighted by Gasteiger charge is 2.21. The van der Waals surface area contributed by atoms with Gasteiger partial charge in [0.2, 0.25) is 0 Å². The Morgan fingerprint density at radius 1 is 1.25 bits per heavy atom. The summed E-state index contributed by atoms with van der Waals surface area (Å²) in [6, 6.07) is 14.4. The molecule has 0 spiro atoms. The van der Waals surface area contributed by atoms with Gasteiger partial charge in [-0.1, -0.05) is 41.9 Å². The van der Waals surface area contributed by atoms with E-state index in [1.165, 1.54) is 11.1 Å². The van der Waals surface area contributed by atoms with Gasteiger partial charge in [0, 0.05) is 24.5 Å². The molecule has 0 amide bonds. The van der Waals surface area contributed by atoms with Gasteiger partial charge in [-0.3, -0.25) is 0 Å². The number of benzene rings is 2. The van der Waals surface area contributed by atoms with Crippen molar-refractivity contribution < 1.29 is 4.74 Å². The Morgan fingerprint density at radius 3 is 2.90 bits per heavy atom. The van der Waals surface area contributed by atoms with Crippen LogP contribution in [0.2, 0.25) is 5.02 Å². The third kappa shape index (κ3) is 2.97. The van der Waals surface area contributed by atoms with Crippen molar-refractivity contribution in [2.45, 2.75) is 26.0 Å². The van der Waals surface area contributed by atoms with Crippen LogP contribution in [0.3, 0.4) is 0 Å². The molecule has 3 heteroatoms. The van der Waals surface area contributed by atoms with Gasteiger partial charge in [0.25, 0.3) is 0 Å². The van der Waals surface area contributed by atoms with Gasteiger partial charge >= 0.3 is 0 Å². The summed E-state index contributed by atoms with van der Waals surface area (Å²) in [6.45, 7) is 3.68. The highest BCUT2D eigenvalue weighted by Crippen LogP contribution is 2.27. The molecule has 1 N–H and O–H groups in total. The Balaban J connectivity index is 1.51. The molecule has 3 rings (SSSR count). The summed E-state index contributed by atoms with van der Waals surface area (Å²) in [5.41, 5.74) is 3.62. The lowest BCUT2D eigenvalue weighted by molar-refractivity contribution is 0.227. The maximum atomic E-state index is 6.13. The zero-order valence-electron chi connectivity index (χ0n) is 11.5. The number of fused-ring (bicyclic) bond motifs is 1. The number of nitrogens with one attached hydrogen (secondary N) is 1. The molecule has 2 nitrogen and oxygen atoms in total. The van der Waals surface area contributed by atoms with E-state index in [9.17, 15) is 0 Å². The maximum absolute atomic E-state index is 6.13. The molecule has 1 atom stereocenters. The van der Waals surface area contributed by atoms with Crippen molar-refractivity contribution in [1.29, 1.82) is 0 Å². The molecule has 2 aromatic rings. The second-order valence-corrected chi connectivity index (χ2v) is 5.67. The fourth-order valence-corrected chi connectivity index (χ4v) is 2.69. The molecule has 0 aliphatic carbocycles. The highest BCUT2D eigenvalue weighted by atomic mass is 35.5. The SMILES string of the molecule is Cc1ccc(CNCC2Cc3ccccc3O2)cc1Cl. The summed E-state index contributed by atoms with van der Waals surface area (Å²) in [7, 11) is 0. The molecule has 0 aromatic heterocycles. The lowest BCUT2D eigenvalue weighted by Crippen LogP contribution is -2.29. The Bertz CT molecular complexity index is 587. The first-order valence-corrected chi connectivity index (χ1v) is 7.30. The van der Waals surface area contributed by atoms with Crippen LogP contribution in [0.4, 0.5) is 0 Å². The van der Waals surface area contributed by atoms with Crippen LogP contribution < -0.4 is 10.1 Å². The molecule has 0 fully saturated rings. The van der Waals surface area contributed by atoms with Crippen LogP contribution in [-0.2, 0) is 13.0 Å². The van der Waals surface area contributed by atoms with Crippen molar-refractivity contribution in [2.75, 3.05) is 6.54 Å². The van der Waals surface area contributed by atoms with Gasteiger partial charge in [-0.2, -0.15) is 0 Å². The molecule has 1 aliphatic heterocycles. The van der Waals surface area contributed by atoms with Crippen LogP contribution in [0.25, 0.3) is 0 Å². The minimum Gasteiger partial charge on any atom is -0.488 e. The van der Waals surface area contributed by atoms with Crippen LogP contribution in [-0.4, -0.2) is 12.6 Å². The van der Waals surface area contributed by atoms with E-state index in [1.54, 1.807) is 0 Å². The van der Waals surface area contributed by atoms with Crippen molar-refractivity contribution in [3.8, 4) is 5.75 Å². The van der Waals surface area contributed by atoms with E-state index in [-0.39, 0.29) is 6.10 Å². The van der Waals surface area contributed by atoms with Crippen LogP contribution >= 0.6 is 11.6 Å². The zero-order valence-corrected chi connectivity index (χ0v) is 12.3. The van der Waals surface area contributed by atoms with E-state index >= 15 is 0 Å². The molecule has 2 aromatic carbocycles. The summed E-state index contributed by atoms with van der Waals surface area (Å²) < 4.78 is 5.90. The third-order valence-electron chi connectivity index (χ3n) is 3.65. The van der Waals surface area contributed by atoms with E-state index in [0.29, 0.717) is 0 Å². The smallest absolute Gasteiger partial charge is 0.123 e. The van der Waals surface area contributed by atoms with Crippen molar-refractivity contribution in [2.24, 2.45) is 0 Å². The van der Waals surface area contributed by atoms with Gasteiger partial charge in [-0.05, 0) is 35.7 Å². The van der Waals surface area contributed by atoms with Gasteiger partial charge in [-0.25, -0.2) is 0 Å². The van der Waals surface area contributed by atoms with Gasteiger partial charge < -0.3 is 10.1 Å². The molecule has 1 aliphatic rings. The minimum absolute atomic E-state index is 0.230. The van der Waals surface area contributed by atoms with Crippen molar-refractivity contribution in [3.63, 3.8) is 0 Å². The summed E-state index contributed by atoms with van der Waals surface area (Å²) in [5, 5.41) is 4.27. The summed E-state index contributed by atoms with van der Waals surface area (Å²) >= 11 is 6.13. The van der Waals surface area contributed by atoms with E-state index in [0.717, 1.165) is 35.8 Å². The molecule has 0 saturated heterocycles. The molecule has 0 bridgehead atoms. The Hall–Kier alpha value is -1.51. The zero-order chi connectivity index (χ0) is 13.9. The molecule has 0 saturated carbocycles. The number of halogens is 1. The summed E-state index contributed by atoms with van der Waals surface area (Å²) in [6.07, 6.45) is 1.21. The molecule has 1 unspecified atom stereocenters. The van der Waals surface area contributed by atoms with E-state index < -0.39 is 0 Å². The number of hydrogen-bond acceptors (Lipinski definition) is 2. The van der Waals surface area contributed by atoms with Gasteiger partial charge in [0.15, 0.2) is 0 Å². The molecular weight excluding hydrogens is 270 g/mol. The Kier molecular flexibility index (Phi) is 3.95. The lowest BCUT2D eigenvalue weighted by atomic mass is 10.1. The molecular formula is C17H18ClNO. The van der Waals surface area contributed by atoms with Crippen LogP contribution in [0.5, 0.6) is 5.75 Å². The highest BCUT2D eigenvalue weighted by molar-refractivity contribution is 6.31. The van der Waals surface area contributed by atoms with Gasteiger partial charge in [0.1, 0.15) is 11.9 Å². The number of aryl methyl sites for hydroxylation is 1. The Labute approximate surface area is 124 Å². The van der Waals surface area contributed by atoms with Crippen molar-refractivity contribution in [3.05, 3.63) is 64.2 Å². The van der Waals surface area contributed by atoms with Crippen LogP contribution in [0.1, 0.15) is 16.7 Å². The normalized spacial score (nSPS) is 16.8. The standard InChI is InChI=1S/C17H18ClNO/c1-12-6-7-13(8-16(12)18)10-19-11-15-9-14-4-2-3-5-17(14)20-15/h2-8,15,19H,9-11H2,1H3. The van der Waals surface area contributed by atoms with Gasteiger partial charge in [-0.15, -0.1) is 0 Å². The van der Waals surface area contributed by atoms with Gasteiger partial charge in [0.05, 0.1) is 0 Å². The van der Waals surface area contributed by atoms with Crippen molar-refractivity contribution >= 4 is 11.6 Å². The third-order valence-corrected chi connectivity index (χ3v) is 4.06. The monoisotopic (exact) mass is 287 g/mol. The minimum atomic E-state index is 0.230. The predicted octanol–water partition coefficient (Wildman–Crippen LogP) is 3.74. The number of rotatable bonds is 4. The van der Waals surface area contributed by atoms with E-state index in [1.807, 2.05) is 25.1 Å². The van der Waals surface area contributed by atoms with E-state index in [4.69, 9.17) is 16.3 Å². The summed E-state index contributed by atoms with van der Waals surface area (Å²) in [4.78, 5) is 0. The summed E-state index contributed by atoms with van der Waals surface area (Å²) in [5.74, 6) is 1.03. The number of para-hydroxylation sites is 1. The van der Waals surface area contributed by atoms with Crippen molar-refractivity contribution in [1.82, 2.24) is 5.32 Å². The lowest BCUT2D eigenvalue weighted by Gasteiger charge is -2.12. The molecule has 104 valence electrons. The molecule has 1 heterocycles. The molecule has 0 radical (unpaired) electrons. The topological polar surface area (TPSA) is 21.3 Å². The fourth-order valence-electron chi connectivity index (χ4n) is 2.49. The fraction of sp³-hybridized carbons (Fsp3) is 0.294. The number of ether oxygens (including phenoxy) is 1. The largest absolute Gasteiger partial charge is 0.488 e. The number of hydrogen-bond donors (Lipinski definition) is 1. The quantitative estimate of drug-likeness (QED) is 0.925. The second kappa shape index (κ2) is 5.86.